The van der Waals surface area contributed by atoms with Crippen molar-refractivity contribution in [3.05, 3.63) is 72.6 Å². The number of nitrogens with zero attached hydrogens (tertiary/aromatic N) is 4. The number of hydrogen-bond acceptors (Lipinski definition) is 3. The average Bonchev–Trinajstić information content (AvgIpc) is 3.03. The van der Waals surface area contributed by atoms with E-state index in [-0.39, 0.29) is 11.4 Å². The van der Waals surface area contributed by atoms with Gasteiger partial charge in [-0.25, -0.2) is 4.68 Å². The van der Waals surface area contributed by atoms with E-state index in [9.17, 15) is 13.2 Å². The Kier molecular flexibility index (Phi) is 3.91. The topological polar surface area (TPSA) is 43.6 Å². The highest BCUT2D eigenvalue weighted by molar-refractivity contribution is 5.80. The Bertz CT molecular complexity index is 1060. The molecule has 0 amide bonds. The first-order chi connectivity index (χ1) is 12.5. The first kappa shape index (κ1) is 16.3. The van der Waals surface area contributed by atoms with Crippen molar-refractivity contribution in [1.82, 2.24) is 20.0 Å². The van der Waals surface area contributed by atoms with Gasteiger partial charge in [-0.15, -0.1) is 5.10 Å². The van der Waals surface area contributed by atoms with Crippen molar-refractivity contribution < 1.29 is 13.2 Å². The molecule has 2 aromatic carbocycles. The fourth-order valence-corrected chi connectivity index (χ4v) is 2.85. The van der Waals surface area contributed by atoms with Crippen LogP contribution in [-0.4, -0.2) is 26.2 Å². The molecule has 0 fully saturated rings. The van der Waals surface area contributed by atoms with Gasteiger partial charge in [-0.3, -0.25) is 4.98 Å². The van der Waals surface area contributed by atoms with Crippen LogP contribution in [0.3, 0.4) is 0 Å². The van der Waals surface area contributed by atoms with E-state index >= 15 is 0 Å². The molecule has 0 bridgehead atoms. The summed E-state index contributed by atoms with van der Waals surface area (Å²) in [5.74, 6) is 0. The van der Waals surface area contributed by atoms with Crippen LogP contribution in [-0.2, 0) is 6.42 Å². The largest absolute Gasteiger partial charge is 0.394 e. The molecule has 0 saturated carbocycles. The van der Waals surface area contributed by atoms with Gasteiger partial charge in [0.05, 0.1) is 29.5 Å². The number of pyridine rings is 1. The van der Waals surface area contributed by atoms with E-state index in [0.717, 1.165) is 10.9 Å². The Labute approximate surface area is 146 Å². The van der Waals surface area contributed by atoms with Crippen molar-refractivity contribution in [3.8, 4) is 16.9 Å². The highest BCUT2D eigenvalue weighted by Crippen LogP contribution is 2.30. The molecular weight excluding hydrogens is 341 g/mol. The number of aromatic nitrogens is 4. The SMILES string of the molecule is FC(F)(F)Cc1c(-c2ccccc2)nnn1-c1cnc2ccccc2c1. The number of benzene rings is 2. The lowest BCUT2D eigenvalue weighted by atomic mass is 10.1. The summed E-state index contributed by atoms with van der Waals surface area (Å²) in [7, 11) is 0. The van der Waals surface area contributed by atoms with Crippen LogP contribution in [0.25, 0.3) is 27.8 Å². The minimum absolute atomic E-state index is 0.0132. The summed E-state index contributed by atoms with van der Waals surface area (Å²) < 4.78 is 40.8. The first-order valence-corrected chi connectivity index (χ1v) is 7.93. The number of para-hydroxylation sites is 1. The second kappa shape index (κ2) is 6.25. The van der Waals surface area contributed by atoms with E-state index in [1.54, 1.807) is 36.4 Å². The van der Waals surface area contributed by atoms with Crippen LogP contribution in [0.2, 0.25) is 0 Å². The molecule has 0 saturated heterocycles. The third-order valence-electron chi connectivity index (χ3n) is 4.00. The van der Waals surface area contributed by atoms with Gasteiger partial charge in [0.25, 0.3) is 0 Å². The standard InChI is InChI=1S/C19H13F3N4/c20-19(21,22)11-17-18(13-6-2-1-3-7-13)24-25-26(17)15-10-14-8-4-5-9-16(14)23-12-15/h1-10,12H,11H2. The molecule has 0 N–H and O–H groups in total. The minimum Gasteiger partial charge on any atom is -0.254 e. The van der Waals surface area contributed by atoms with Gasteiger partial charge in [0.1, 0.15) is 5.69 Å². The van der Waals surface area contributed by atoms with Gasteiger partial charge in [0, 0.05) is 10.9 Å². The Morgan fingerprint density at radius 1 is 0.923 bits per heavy atom. The van der Waals surface area contributed by atoms with Crippen LogP contribution in [0.5, 0.6) is 0 Å². The van der Waals surface area contributed by atoms with Crippen LogP contribution < -0.4 is 0 Å². The molecule has 0 unspecified atom stereocenters. The van der Waals surface area contributed by atoms with Gasteiger partial charge >= 0.3 is 6.18 Å². The summed E-state index contributed by atoms with van der Waals surface area (Å²) in [5.41, 5.74) is 2.00. The quantitative estimate of drug-likeness (QED) is 0.541. The van der Waals surface area contributed by atoms with Crippen LogP contribution in [0, 0.1) is 0 Å². The summed E-state index contributed by atoms with van der Waals surface area (Å²) in [6, 6.07) is 17.9. The Morgan fingerprint density at radius 2 is 1.65 bits per heavy atom. The second-order valence-corrected chi connectivity index (χ2v) is 5.84. The average molecular weight is 354 g/mol. The lowest BCUT2D eigenvalue weighted by Crippen LogP contribution is -2.16. The molecule has 2 heterocycles. The zero-order valence-electron chi connectivity index (χ0n) is 13.5. The molecule has 0 spiro atoms. The molecule has 0 radical (unpaired) electrons. The van der Waals surface area contributed by atoms with E-state index < -0.39 is 12.6 Å². The molecule has 4 rings (SSSR count). The fourth-order valence-electron chi connectivity index (χ4n) is 2.85. The van der Waals surface area contributed by atoms with Crippen LogP contribution >= 0.6 is 0 Å². The number of fused-ring (bicyclic) bond motifs is 1. The first-order valence-electron chi connectivity index (χ1n) is 7.93. The van der Waals surface area contributed by atoms with Crippen molar-refractivity contribution in [2.24, 2.45) is 0 Å². The van der Waals surface area contributed by atoms with E-state index in [1.165, 1.54) is 10.9 Å². The van der Waals surface area contributed by atoms with Crippen LogP contribution in [0.4, 0.5) is 13.2 Å². The van der Waals surface area contributed by atoms with Crippen molar-refractivity contribution in [2.45, 2.75) is 12.6 Å². The molecule has 0 aliphatic heterocycles. The van der Waals surface area contributed by atoms with Crippen molar-refractivity contribution in [3.63, 3.8) is 0 Å². The predicted molar refractivity (Wildman–Crippen MR) is 91.9 cm³/mol. The van der Waals surface area contributed by atoms with Gasteiger partial charge in [-0.1, -0.05) is 53.7 Å². The van der Waals surface area contributed by atoms with Gasteiger partial charge in [0.2, 0.25) is 0 Å². The van der Waals surface area contributed by atoms with Crippen molar-refractivity contribution >= 4 is 10.9 Å². The molecule has 4 nitrogen and oxygen atoms in total. The summed E-state index contributed by atoms with van der Waals surface area (Å²) in [4.78, 5) is 4.31. The highest BCUT2D eigenvalue weighted by Gasteiger charge is 2.32. The van der Waals surface area contributed by atoms with Crippen molar-refractivity contribution in [2.75, 3.05) is 0 Å². The molecule has 4 aromatic rings. The Morgan fingerprint density at radius 3 is 2.42 bits per heavy atom. The molecule has 7 heteroatoms. The summed E-state index contributed by atoms with van der Waals surface area (Å²) >= 11 is 0. The summed E-state index contributed by atoms with van der Waals surface area (Å²) in [6.45, 7) is 0. The summed E-state index contributed by atoms with van der Waals surface area (Å²) in [6.07, 6.45) is -4.00. The van der Waals surface area contributed by atoms with Gasteiger partial charge in [-0.05, 0) is 12.1 Å². The number of halogens is 3. The monoisotopic (exact) mass is 354 g/mol. The van der Waals surface area contributed by atoms with Gasteiger partial charge in [-0.2, -0.15) is 13.2 Å². The van der Waals surface area contributed by atoms with E-state index in [2.05, 4.69) is 15.3 Å². The Hall–Kier alpha value is -3.22. The lowest BCUT2D eigenvalue weighted by Gasteiger charge is -2.11. The van der Waals surface area contributed by atoms with Gasteiger partial charge in [0.15, 0.2) is 0 Å². The third kappa shape index (κ3) is 3.15. The van der Waals surface area contributed by atoms with E-state index in [1.807, 2.05) is 24.3 Å². The maximum Gasteiger partial charge on any atom is 0.394 e. The van der Waals surface area contributed by atoms with Crippen LogP contribution in [0.15, 0.2) is 66.9 Å². The second-order valence-electron chi connectivity index (χ2n) is 5.84. The zero-order valence-corrected chi connectivity index (χ0v) is 13.5. The van der Waals surface area contributed by atoms with E-state index in [4.69, 9.17) is 0 Å². The number of alkyl halides is 3. The normalized spacial score (nSPS) is 11.8. The molecule has 0 aliphatic carbocycles. The smallest absolute Gasteiger partial charge is 0.254 e. The summed E-state index contributed by atoms with van der Waals surface area (Å²) in [5, 5.41) is 8.81. The maximum absolute atomic E-state index is 13.2. The highest BCUT2D eigenvalue weighted by atomic mass is 19.4. The predicted octanol–water partition coefficient (Wildman–Crippen LogP) is 4.59. The van der Waals surface area contributed by atoms with Crippen LogP contribution in [0.1, 0.15) is 5.69 Å². The third-order valence-corrected chi connectivity index (χ3v) is 4.00. The minimum atomic E-state index is -4.38. The fraction of sp³-hybridized carbons (Fsp3) is 0.105. The molecule has 0 atom stereocenters. The molecule has 2 aromatic heterocycles. The molecule has 130 valence electrons. The molecule has 0 aliphatic rings. The van der Waals surface area contributed by atoms with Gasteiger partial charge < -0.3 is 0 Å². The maximum atomic E-state index is 13.2. The molecular formula is C19H13F3N4. The lowest BCUT2D eigenvalue weighted by molar-refractivity contribution is -0.128. The van der Waals surface area contributed by atoms with Crippen molar-refractivity contribution in [1.29, 1.82) is 0 Å². The number of rotatable bonds is 3. The number of hydrogen-bond donors (Lipinski definition) is 0. The zero-order chi connectivity index (χ0) is 18.1. The van der Waals surface area contributed by atoms with E-state index in [0.29, 0.717) is 11.3 Å². The Balaban J connectivity index is 1.88. The molecule has 26 heavy (non-hydrogen) atoms.